The van der Waals surface area contributed by atoms with E-state index in [0.29, 0.717) is 70.6 Å². The number of piperidine rings is 2. The van der Waals surface area contributed by atoms with Gasteiger partial charge in [0.1, 0.15) is 5.82 Å². The number of amides is 2. The number of imide groups is 1. The fourth-order valence-electron chi connectivity index (χ4n) is 10.0. The zero-order chi connectivity index (χ0) is 43.0. The highest BCUT2D eigenvalue weighted by atomic mass is 35.5. The Bertz CT molecular complexity index is 2660. The zero-order valence-corrected chi connectivity index (χ0v) is 35.9. The molecular weight excluding hydrogens is 818 g/mol. The maximum absolute atomic E-state index is 15.2. The standard InChI is InChI=1S/C45H51ClF2N10O4/c1-25-22-58(17-16-57(25)23-26-12-14-56(15-13-26)29-7-8-30-36(19-29)55(3)53-39(30)31-9-11-38(59)51-43(31)60)37-20-34(33(46)21-49-37)50-28-6-10-35-32(18-28)40-41(44(61)54(35)2)62-24-45(47,48)42(52-40)27-4-5-27/h6-8,10,18-21,25-27,31,42,52H,4-5,9,11-17,22-24H2,1-3H3,(H,49,50)(H,51,59,60). The minimum Gasteiger partial charge on any atom is -0.480 e. The number of aromatic nitrogens is 4. The van der Waals surface area contributed by atoms with E-state index >= 15 is 8.78 Å². The van der Waals surface area contributed by atoms with Crippen molar-refractivity contribution < 1.29 is 23.1 Å². The molecule has 4 aliphatic heterocycles. The maximum Gasteiger partial charge on any atom is 0.301 e. The van der Waals surface area contributed by atoms with E-state index in [2.05, 4.69) is 55.8 Å². The molecule has 3 unspecified atom stereocenters. The predicted octanol–water partition coefficient (Wildman–Crippen LogP) is 6.38. The van der Waals surface area contributed by atoms with Crippen LogP contribution in [-0.2, 0) is 23.7 Å². The minimum absolute atomic E-state index is 0.0912. The number of fused-ring (bicyclic) bond motifs is 4. The second-order valence-electron chi connectivity index (χ2n) is 17.9. The van der Waals surface area contributed by atoms with Gasteiger partial charge in [0.25, 0.3) is 5.56 Å². The van der Waals surface area contributed by atoms with Crippen LogP contribution >= 0.6 is 11.6 Å². The smallest absolute Gasteiger partial charge is 0.301 e. The number of benzene rings is 2. The van der Waals surface area contributed by atoms with Crippen molar-refractivity contribution in [2.24, 2.45) is 25.9 Å². The topological polar surface area (TPSA) is 142 Å². The Morgan fingerprint density at radius 1 is 0.935 bits per heavy atom. The summed E-state index contributed by atoms with van der Waals surface area (Å²) in [6.45, 7) is 6.93. The van der Waals surface area contributed by atoms with Crippen molar-refractivity contribution in [3.8, 4) is 5.75 Å². The Labute approximate surface area is 362 Å². The molecule has 7 heterocycles. The molecule has 0 spiro atoms. The van der Waals surface area contributed by atoms with E-state index in [1.807, 2.05) is 29.9 Å². The summed E-state index contributed by atoms with van der Waals surface area (Å²) in [4.78, 5) is 49.7. The minimum atomic E-state index is -3.12. The van der Waals surface area contributed by atoms with Gasteiger partial charge in [-0.1, -0.05) is 11.6 Å². The number of pyridine rings is 2. The van der Waals surface area contributed by atoms with Gasteiger partial charge in [-0.2, -0.15) is 5.10 Å². The summed E-state index contributed by atoms with van der Waals surface area (Å²) in [5, 5.41) is 15.7. The van der Waals surface area contributed by atoms with Crippen LogP contribution < -0.4 is 36.0 Å². The van der Waals surface area contributed by atoms with Crippen molar-refractivity contribution in [2.75, 3.05) is 66.3 Å². The average Bonchev–Trinajstić information content (AvgIpc) is 4.06. The van der Waals surface area contributed by atoms with Crippen LogP contribution in [0.25, 0.3) is 21.8 Å². The number of nitrogens with zero attached hydrogens (tertiary/aromatic N) is 7. The van der Waals surface area contributed by atoms with Gasteiger partial charge in [0.15, 0.2) is 6.61 Å². The highest BCUT2D eigenvalue weighted by Gasteiger charge is 2.51. The third-order valence-corrected chi connectivity index (χ3v) is 14.0. The number of alkyl halides is 2. The van der Waals surface area contributed by atoms with Crippen LogP contribution in [0.2, 0.25) is 5.02 Å². The summed E-state index contributed by atoms with van der Waals surface area (Å²) >= 11 is 6.72. The largest absolute Gasteiger partial charge is 0.480 e. The van der Waals surface area contributed by atoms with E-state index in [1.54, 1.807) is 19.3 Å². The molecule has 3 atom stereocenters. The Balaban J connectivity index is 0.777. The molecule has 326 valence electrons. The van der Waals surface area contributed by atoms with Gasteiger partial charge >= 0.3 is 5.92 Å². The van der Waals surface area contributed by atoms with Gasteiger partial charge in [0.2, 0.25) is 17.6 Å². The normalized spacial score (nSPS) is 23.5. The third-order valence-electron chi connectivity index (χ3n) is 13.7. The lowest BCUT2D eigenvalue weighted by Gasteiger charge is -2.43. The van der Waals surface area contributed by atoms with Crippen LogP contribution in [0.15, 0.2) is 53.5 Å². The average molecular weight is 869 g/mol. The van der Waals surface area contributed by atoms with Crippen molar-refractivity contribution in [1.29, 1.82) is 0 Å². The molecule has 5 aliphatic rings. The summed E-state index contributed by atoms with van der Waals surface area (Å²) < 4.78 is 39.2. The molecule has 2 amide bonds. The van der Waals surface area contributed by atoms with Gasteiger partial charge in [0, 0.05) is 94.0 Å². The van der Waals surface area contributed by atoms with Crippen molar-refractivity contribution in [1.82, 2.24) is 29.5 Å². The number of hydrogen-bond donors (Lipinski definition) is 3. The summed E-state index contributed by atoms with van der Waals surface area (Å²) in [7, 11) is 3.53. The fourth-order valence-corrected chi connectivity index (χ4v) is 10.2. The van der Waals surface area contributed by atoms with Gasteiger partial charge in [0.05, 0.1) is 51.3 Å². The molecule has 14 nitrogen and oxygen atoms in total. The first kappa shape index (κ1) is 40.6. The number of carbonyl (C=O) groups is 2. The number of nitrogens with one attached hydrogen (secondary N) is 3. The molecule has 2 aromatic carbocycles. The van der Waals surface area contributed by atoms with E-state index in [9.17, 15) is 14.4 Å². The summed E-state index contributed by atoms with van der Waals surface area (Å²) in [6, 6.07) is 13.0. The number of aryl methyl sites for hydroxylation is 2. The van der Waals surface area contributed by atoms with Crippen LogP contribution in [0.5, 0.6) is 5.75 Å². The monoisotopic (exact) mass is 868 g/mol. The molecule has 4 fully saturated rings. The summed E-state index contributed by atoms with van der Waals surface area (Å²) in [5.41, 5.74) is 4.65. The highest BCUT2D eigenvalue weighted by molar-refractivity contribution is 6.33. The SMILES string of the molecule is CC1CN(c2cc(Nc3ccc4c(c3)c3c(c(=O)n4C)OCC(F)(F)C(C4CC4)N3)c(Cl)cn2)CCN1CC1CCN(c2ccc3c(C4CCC(=O)NC4=O)nn(C)c3c2)CC1. The Morgan fingerprint density at radius 2 is 1.74 bits per heavy atom. The van der Waals surface area contributed by atoms with Gasteiger partial charge in [-0.25, -0.2) is 13.8 Å². The molecule has 0 radical (unpaired) electrons. The molecule has 3 saturated heterocycles. The number of ether oxygens (including phenoxy) is 1. The molecule has 62 heavy (non-hydrogen) atoms. The molecule has 1 aliphatic carbocycles. The number of piperazine rings is 1. The lowest BCUT2D eigenvalue weighted by Crippen LogP contribution is -2.54. The van der Waals surface area contributed by atoms with Crippen LogP contribution in [0.3, 0.4) is 0 Å². The quantitative estimate of drug-likeness (QED) is 0.150. The van der Waals surface area contributed by atoms with Crippen LogP contribution in [0.4, 0.5) is 37.3 Å². The zero-order valence-electron chi connectivity index (χ0n) is 35.1. The van der Waals surface area contributed by atoms with Gasteiger partial charge < -0.3 is 29.7 Å². The lowest BCUT2D eigenvalue weighted by molar-refractivity contribution is -0.134. The number of rotatable bonds is 8. The number of carbonyl (C=O) groups excluding carboxylic acids is 2. The third kappa shape index (κ3) is 7.48. The second kappa shape index (κ2) is 15.7. The summed E-state index contributed by atoms with van der Waals surface area (Å²) in [5.74, 6) is -2.91. The molecule has 3 N–H and O–H groups in total. The number of hydrogen-bond acceptors (Lipinski definition) is 11. The molecule has 3 aromatic heterocycles. The van der Waals surface area contributed by atoms with E-state index in [-0.39, 0.29) is 23.5 Å². The fraction of sp³-hybridized carbons (Fsp3) is 0.489. The predicted molar refractivity (Wildman–Crippen MR) is 236 cm³/mol. The second-order valence-corrected chi connectivity index (χ2v) is 18.3. The Hall–Kier alpha value is -5.48. The highest BCUT2D eigenvalue weighted by Crippen LogP contribution is 2.46. The number of anilines is 5. The van der Waals surface area contributed by atoms with Crippen molar-refractivity contribution in [2.45, 2.75) is 69.4 Å². The first-order chi connectivity index (χ1) is 29.8. The van der Waals surface area contributed by atoms with E-state index < -0.39 is 30.0 Å². The van der Waals surface area contributed by atoms with E-state index in [4.69, 9.17) is 26.4 Å². The molecule has 10 rings (SSSR count). The van der Waals surface area contributed by atoms with Crippen LogP contribution in [0.1, 0.15) is 57.1 Å². The molecule has 17 heteroatoms. The maximum atomic E-state index is 15.2. The van der Waals surface area contributed by atoms with Crippen LogP contribution in [0, 0.1) is 11.8 Å². The van der Waals surface area contributed by atoms with Gasteiger partial charge in [-0.15, -0.1) is 0 Å². The molecular formula is C45H51ClF2N10O4. The Kier molecular flexibility index (Phi) is 10.3. The van der Waals surface area contributed by atoms with Crippen LogP contribution in [-0.4, -0.2) is 99.9 Å². The van der Waals surface area contributed by atoms with Gasteiger partial charge in [-0.05, 0) is 87.3 Å². The van der Waals surface area contributed by atoms with Crippen molar-refractivity contribution >= 4 is 73.8 Å². The molecule has 0 bridgehead atoms. The van der Waals surface area contributed by atoms with Crippen molar-refractivity contribution in [3.05, 3.63) is 69.7 Å². The lowest BCUT2D eigenvalue weighted by atomic mass is 9.92. The molecule has 1 saturated carbocycles. The van der Waals surface area contributed by atoms with Gasteiger partial charge in [-0.3, -0.25) is 29.3 Å². The van der Waals surface area contributed by atoms with E-state index in [0.717, 1.165) is 80.2 Å². The molecule has 5 aromatic rings. The first-order valence-electron chi connectivity index (χ1n) is 21.7. The number of halogens is 3. The van der Waals surface area contributed by atoms with Crippen molar-refractivity contribution in [3.63, 3.8) is 0 Å². The first-order valence-corrected chi connectivity index (χ1v) is 22.1. The van der Waals surface area contributed by atoms with E-state index in [1.165, 1.54) is 4.57 Å². The Morgan fingerprint density at radius 3 is 2.50 bits per heavy atom. The summed E-state index contributed by atoms with van der Waals surface area (Å²) in [6.07, 6.45) is 6.06.